The average molecular weight is 933 g/mol. The molecule has 4 rings (SSSR count). The molecule has 3 aromatic rings. The number of nitrogens with one attached hydrogen (secondary N) is 3. The molecule has 16 nitrogen and oxygen atoms in total. The molecular formula is C51H80N8O8. The molecule has 2 atom stereocenters. The van der Waals surface area contributed by atoms with E-state index in [-0.39, 0.29) is 55.0 Å². The fraction of sp³-hybridized carbons (Fsp3) is 0.647. The van der Waals surface area contributed by atoms with Gasteiger partial charge in [-0.05, 0) is 126 Å². The first-order valence-electron chi connectivity index (χ1n) is 23.7. The van der Waals surface area contributed by atoms with E-state index in [4.69, 9.17) is 24.7 Å². The minimum atomic E-state index is -1.36. The van der Waals surface area contributed by atoms with Gasteiger partial charge in [0.25, 0.3) is 0 Å². The third kappa shape index (κ3) is 16.4. The predicted molar refractivity (Wildman–Crippen MR) is 262 cm³/mol. The molecule has 3 amide bonds. The monoisotopic (exact) mass is 933 g/mol. The molecule has 16 heteroatoms. The number of hydrogen-bond donors (Lipinski definition) is 4. The molecule has 1 aromatic heterocycles. The highest BCUT2D eigenvalue weighted by Gasteiger charge is 2.43. The Hall–Kier alpha value is -4.90. The molecule has 1 aliphatic rings. The van der Waals surface area contributed by atoms with Gasteiger partial charge in [0, 0.05) is 42.3 Å². The highest BCUT2D eigenvalue weighted by Crippen LogP contribution is 2.43. The van der Waals surface area contributed by atoms with E-state index in [1.807, 2.05) is 132 Å². The Bertz CT molecular complexity index is 2150. The summed E-state index contributed by atoms with van der Waals surface area (Å²) in [6.45, 7) is 26.6. The van der Waals surface area contributed by atoms with E-state index in [0.717, 1.165) is 23.2 Å². The van der Waals surface area contributed by atoms with Gasteiger partial charge in [-0.2, -0.15) is 0 Å². The molecule has 0 saturated carbocycles. The standard InChI is InChI=1S/C51H80N8O8/c1-46(2,3)55-38(42(60)67-47(4,5)6)24-19-20-28-54-45(63)65-32-30-59-41-36-22-16-15-21-35(36)33-58(39-25-18-17-23-37(39)40(41)56-57-59)44(62)48(7,8)34-51(13,52)43(61)53-29-26-50(11,12)66-31-27-49(9,10)64-14/h15-18,21-23,25,38,55H,19-20,24,26-34,52H2,1-14H3,(H,53,61)(H,54,63). The van der Waals surface area contributed by atoms with Crippen LogP contribution in [0, 0.1) is 5.41 Å². The van der Waals surface area contributed by atoms with Gasteiger partial charge >= 0.3 is 12.1 Å². The van der Waals surface area contributed by atoms with Crippen molar-refractivity contribution in [2.75, 3.05) is 38.3 Å². The van der Waals surface area contributed by atoms with Gasteiger partial charge in [0.05, 0.1) is 47.8 Å². The van der Waals surface area contributed by atoms with Crippen molar-refractivity contribution in [3.63, 3.8) is 0 Å². The van der Waals surface area contributed by atoms with Gasteiger partial charge in [-0.1, -0.05) is 61.5 Å². The maximum absolute atomic E-state index is 14.9. The predicted octanol–water partition coefficient (Wildman–Crippen LogP) is 7.70. The summed E-state index contributed by atoms with van der Waals surface area (Å²) in [5.41, 5.74) is 7.03. The SMILES string of the molecule is COC(C)(C)CCOC(C)(C)CCNC(=O)C(C)(N)CC(C)(C)C(=O)N1Cc2ccccc2-c2c(nnn2CCOC(=O)NCCCCC(NC(C)(C)C)C(=O)OC(C)(C)C)-c2ccccc21. The second-order valence-electron chi connectivity index (χ2n) is 21.9. The minimum absolute atomic E-state index is 0.0326. The zero-order valence-corrected chi connectivity index (χ0v) is 42.8. The van der Waals surface area contributed by atoms with Crippen molar-refractivity contribution >= 4 is 29.6 Å². The van der Waals surface area contributed by atoms with Crippen LogP contribution in [0.5, 0.6) is 0 Å². The Kier molecular flexibility index (Phi) is 18.3. The highest BCUT2D eigenvalue weighted by molar-refractivity contribution is 6.03. The Morgan fingerprint density at radius 2 is 1.45 bits per heavy atom. The van der Waals surface area contributed by atoms with Gasteiger partial charge in [0.15, 0.2) is 0 Å². The number of methoxy groups -OCH3 is 1. The Morgan fingerprint density at radius 3 is 2.10 bits per heavy atom. The highest BCUT2D eigenvalue weighted by atomic mass is 16.6. The van der Waals surface area contributed by atoms with Crippen molar-refractivity contribution in [2.45, 2.75) is 176 Å². The number of nitrogens with two attached hydrogens (primary N) is 1. The number of carbonyl (C=O) groups is 4. The van der Waals surface area contributed by atoms with E-state index < -0.39 is 34.3 Å². The molecule has 0 radical (unpaired) electrons. The van der Waals surface area contributed by atoms with Crippen molar-refractivity contribution in [3.8, 4) is 22.5 Å². The minimum Gasteiger partial charge on any atom is -0.459 e. The van der Waals surface area contributed by atoms with E-state index in [1.54, 1.807) is 23.6 Å². The van der Waals surface area contributed by atoms with E-state index in [2.05, 4.69) is 26.3 Å². The Labute approximate surface area is 399 Å². The van der Waals surface area contributed by atoms with Crippen LogP contribution < -0.4 is 26.6 Å². The number of esters is 1. The first kappa shape index (κ1) is 54.7. The van der Waals surface area contributed by atoms with Crippen molar-refractivity contribution in [1.82, 2.24) is 30.9 Å². The Morgan fingerprint density at radius 1 is 0.791 bits per heavy atom. The van der Waals surface area contributed by atoms with Gasteiger partial charge in [-0.25, -0.2) is 9.48 Å². The van der Waals surface area contributed by atoms with E-state index in [9.17, 15) is 19.2 Å². The van der Waals surface area contributed by atoms with Gasteiger partial charge in [0.1, 0.15) is 23.9 Å². The lowest BCUT2D eigenvalue weighted by Gasteiger charge is -2.38. The van der Waals surface area contributed by atoms with Crippen molar-refractivity contribution in [2.24, 2.45) is 11.1 Å². The van der Waals surface area contributed by atoms with Crippen LogP contribution in [0.4, 0.5) is 10.5 Å². The summed E-state index contributed by atoms with van der Waals surface area (Å²) in [7, 11) is 1.69. The third-order valence-electron chi connectivity index (χ3n) is 11.7. The number of alkyl carbamates (subject to hydrolysis) is 1. The van der Waals surface area contributed by atoms with Crippen LogP contribution >= 0.6 is 0 Å². The lowest BCUT2D eigenvalue weighted by Crippen LogP contribution is -2.56. The summed E-state index contributed by atoms with van der Waals surface area (Å²) < 4.78 is 24.6. The van der Waals surface area contributed by atoms with E-state index in [1.165, 1.54) is 0 Å². The summed E-state index contributed by atoms with van der Waals surface area (Å²) >= 11 is 0. The maximum atomic E-state index is 14.9. The van der Waals surface area contributed by atoms with Crippen LogP contribution in [0.3, 0.4) is 0 Å². The normalized spacial score (nSPS) is 14.6. The zero-order valence-electron chi connectivity index (χ0n) is 42.8. The summed E-state index contributed by atoms with van der Waals surface area (Å²) in [5, 5.41) is 18.3. The molecule has 372 valence electrons. The number of benzene rings is 2. The number of fused-ring (bicyclic) bond motifs is 5. The second kappa shape index (κ2) is 22.5. The smallest absolute Gasteiger partial charge is 0.407 e. The molecule has 1 aliphatic heterocycles. The van der Waals surface area contributed by atoms with Gasteiger partial charge in [-0.15, -0.1) is 5.10 Å². The van der Waals surface area contributed by atoms with Crippen LogP contribution in [0.2, 0.25) is 0 Å². The van der Waals surface area contributed by atoms with Crippen molar-refractivity contribution < 1.29 is 38.1 Å². The van der Waals surface area contributed by atoms with Crippen molar-refractivity contribution in [1.29, 1.82) is 0 Å². The summed E-state index contributed by atoms with van der Waals surface area (Å²) in [4.78, 5) is 55.9. The number of hydrogen-bond acceptors (Lipinski definition) is 12. The number of nitrogens with zero attached hydrogens (tertiary/aromatic N) is 4. The number of anilines is 1. The fourth-order valence-electron chi connectivity index (χ4n) is 8.10. The van der Waals surface area contributed by atoms with E-state index >= 15 is 0 Å². The largest absolute Gasteiger partial charge is 0.459 e. The number of amides is 3. The molecule has 0 bridgehead atoms. The molecule has 0 spiro atoms. The van der Waals surface area contributed by atoms with Gasteiger partial charge < -0.3 is 40.2 Å². The number of aromatic nitrogens is 3. The summed E-state index contributed by atoms with van der Waals surface area (Å²) in [5.74, 6) is -0.838. The molecule has 2 unspecified atom stereocenters. The molecule has 0 fully saturated rings. The average Bonchev–Trinajstić information content (AvgIpc) is 3.62. The summed E-state index contributed by atoms with van der Waals surface area (Å²) in [6.07, 6.45) is 2.73. The first-order valence-corrected chi connectivity index (χ1v) is 23.7. The Balaban J connectivity index is 1.41. The van der Waals surface area contributed by atoms with Crippen LogP contribution in [0.15, 0.2) is 48.5 Å². The molecule has 2 heterocycles. The van der Waals surface area contributed by atoms with Gasteiger partial charge in [0.2, 0.25) is 11.8 Å². The van der Waals surface area contributed by atoms with Crippen LogP contribution in [-0.4, -0.2) is 106 Å². The van der Waals surface area contributed by atoms with Crippen molar-refractivity contribution in [3.05, 3.63) is 54.1 Å². The topological polar surface area (TPSA) is 201 Å². The third-order valence-corrected chi connectivity index (χ3v) is 11.7. The quantitative estimate of drug-likeness (QED) is 0.0566. The van der Waals surface area contributed by atoms with E-state index in [0.29, 0.717) is 62.3 Å². The molecule has 5 N–H and O–H groups in total. The van der Waals surface area contributed by atoms with Crippen LogP contribution in [0.1, 0.15) is 134 Å². The molecular weight excluding hydrogens is 853 g/mol. The number of para-hydroxylation sites is 1. The number of rotatable bonds is 22. The molecule has 0 saturated heterocycles. The summed E-state index contributed by atoms with van der Waals surface area (Å²) in [6, 6.07) is 14.9. The lowest BCUT2D eigenvalue weighted by atomic mass is 9.77. The molecule has 0 aliphatic carbocycles. The molecule has 67 heavy (non-hydrogen) atoms. The second-order valence-corrected chi connectivity index (χ2v) is 21.9. The fourth-order valence-corrected chi connectivity index (χ4v) is 8.10. The van der Waals surface area contributed by atoms with Crippen LogP contribution in [0.25, 0.3) is 22.5 Å². The lowest BCUT2D eigenvalue weighted by molar-refractivity contribution is -0.158. The maximum Gasteiger partial charge on any atom is 0.407 e. The molecule has 2 aromatic carbocycles. The number of carbonyl (C=O) groups excluding carboxylic acids is 4. The zero-order chi connectivity index (χ0) is 50.0. The number of unbranched alkanes of at least 4 members (excludes halogenated alkanes) is 1. The number of ether oxygens (including phenoxy) is 4. The van der Waals surface area contributed by atoms with Gasteiger partial charge in [-0.3, -0.25) is 19.7 Å². The first-order chi connectivity index (χ1) is 31.0. The van der Waals surface area contributed by atoms with Crippen LogP contribution in [-0.2, 0) is 46.4 Å².